The van der Waals surface area contributed by atoms with Crippen molar-refractivity contribution in [3.05, 3.63) is 0 Å². The van der Waals surface area contributed by atoms with Gasteiger partial charge in [-0.05, 0) is 21.0 Å². The van der Waals surface area contributed by atoms with Gasteiger partial charge >= 0.3 is 0 Å². The third kappa shape index (κ3) is 4.30. The molecule has 0 bridgehead atoms. The molecule has 0 aliphatic rings. The summed E-state index contributed by atoms with van der Waals surface area (Å²) in [6, 6.07) is 2.07. The molecule has 0 aliphatic heterocycles. The van der Waals surface area contributed by atoms with Gasteiger partial charge in [-0.1, -0.05) is 0 Å². The minimum absolute atomic E-state index is 0.278. The van der Waals surface area contributed by atoms with E-state index >= 15 is 0 Å². The summed E-state index contributed by atoms with van der Waals surface area (Å²) >= 11 is 0. The summed E-state index contributed by atoms with van der Waals surface area (Å²) in [6.45, 7) is 3.16. The number of rotatable bonds is 4. The van der Waals surface area contributed by atoms with Crippen LogP contribution in [0.15, 0.2) is 0 Å². The lowest BCUT2D eigenvalue weighted by Gasteiger charge is -2.13. The lowest BCUT2D eigenvalue weighted by atomic mass is 10.4. The normalized spacial score (nSPS) is 13.1. The van der Waals surface area contributed by atoms with E-state index in [9.17, 15) is 0 Å². The molecular formula is C7H14N2O. The molecule has 3 nitrogen and oxygen atoms in total. The quantitative estimate of drug-likeness (QED) is 0.572. The Hall–Kier alpha value is -0.590. The summed E-state index contributed by atoms with van der Waals surface area (Å²) in [5.41, 5.74) is 0. The highest BCUT2D eigenvalue weighted by atomic mass is 16.5. The molecule has 1 atom stereocenters. The van der Waals surface area contributed by atoms with Crippen molar-refractivity contribution in [2.24, 2.45) is 0 Å². The highest BCUT2D eigenvalue weighted by molar-refractivity contribution is 4.85. The van der Waals surface area contributed by atoms with Crippen molar-refractivity contribution in [3.8, 4) is 6.07 Å². The Morgan fingerprint density at radius 3 is 2.50 bits per heavy atom. The zero-order valence-corrected chi connectivity index (χ0v) is 6.79. The monoisotopic (exact) mass is 142 g/mol. The van der Waals surface area contributed by atoms with Crippen molar-refractivity contribution in [2.45, 2.75) is 13.0 Å². The Labute approximate surface area is 62.2 Å². The lowest BCUT2D eigenvalue weighted by Crippen LogP contribution is -2.27. The maximum absolute atomic E-state index is 8.50. The van der Waals surface area contributed by atoms with Crippen LogP contribution in [0.5, 0.6) is 0 Å². The molecule has 0 saturated heterocycles. The molecule has 1 unspecified atom stereocenters. The topological polar surface area (TPSA) is 36.3 Å². The van der Waals surface area contributed by atoms with Gasteiger partial charge in [-0.3, -0.25) is 0 Å². The van der Waals surface area contributed by atoms with Gasteiger partial charge in [-0.25, -0.2) is 0 Å². The Bertz CT molecular complexity index is 117. The van der Waals surface area contributed by atoms with Gasteiger partial charge in [0.2, 0.25) is 0 Å². The standard InChI is InChI=1S/C7H14N2O/c1-4-10-7(5-8)6-9(2)3/h7H,4,6H2,1-3H3. The van der Waals surface area contributed by atoms with Crippen LogP contribution in [0.1, 0.15) is 6.92 Å². The van der Waals surface area contributed by atoms with Crippen LogP contribution in [0.4, 0.5) is 0 Å². The van der Waals surface area contributed by atoms with E-state index < -0.39 is 0 Å². The molecule has 0 aromatic rings. The van der Waals surface area contributed by atoms with E-state index in [0.29, 0.717) is 13.2 Å². The lowest BCUT2D eigenvalue weighted by molar-refractivity contribution is 0.0812. The van der Waals surface area contributed by atoms with E-state index in [1.165, 1.54) is 0 Å². The third-order valence-electron chi connectivity index (χ3n) is 1.04. The smallest absolute Gasteiger partial charge is 0.156 e. The van der Waals surface area contributed by atoms with Crippen LogP contribution >= 0.6 is 0 Å². The largest absolute Gasteiger partial charge is 0.362 e. The maximum atomic E-state index is 8.50. The van der Waals surface area contributed by atoms with Crippen LogP contribution in [0.2, 0.25) is 0 Å². The molecule has 0 spiro atoms. The van der Waals surface area contributed by atoms with Crippen LogP contribution in [-0.4, -0.2) is 38.3 Å². The van der Waals surface area contributed by atoms with E-state index in [0.717, 1.165) is 0 Å². The molecule has 0 heterocycles. The Balaban J connectivity index is 3.52. The minimum Gasteiger partial charge on any atom is -0.362 e. The van der Waals surface area contributed by atoms with E-state index in [1.54, 1.807) is 0 Å². The molecule has 0 rings (SSSR count). The molecule has 0 aliphatic carbocycles. The van der Waals surface area contributed by atoms with Crippen molar-refractivity contribution in [1.82, 2.24) is 4.90 Å². The highest BCUT2D eigenvalue weighted by Crippen LogP contribution is 1.90. The number of ether oxygens (including phenoxy) is 1. The fourth-order valence-corrected chi connectivity index (χ4v) is 0.664. The fraction of sp³-hybridized carbons (Fsp3) is 0.857. The molecule has 0 aromatic heterocycles. The first kappa shape index (κ1) is 9.41. The summed E-state index contributed by atoms with van der Waals surface area (Å²) in [5.74, 6) is 0. The van der Waals surface area contributed by atoms with Gasteiger partial charge in [0, 0.05) is 13.2 Å². The zero-order valence-electron chi connectivity index (χ0n) is 6.79. The van der Waals surface area contributed by atoms with Crippen LogP contribution in [-0.2, 0) is 4.74 Å². The predicted octanol–water partition coefficient (Wildman–Crippen LogP) is 0.477. The molecule has 0 amide bonds. The number of nitrogens with zero attached hydrogens (tertiary/aromatic N) is 2. The van der Waals surface area contributed by atoms with E-state index in [-0.39, 0.29) is 6.10 Å². The molecule has 0 aromatic carbocycles. The van der Waals surface area contributed by atoms with Gasteiger partial charge in [0.1, 0.15) is 0 Å². The van der Waals surface area contributed by atoms with E-state index in [4.69, 9.17) is 10.00 Å². The summed E-state index contributed by atoms with van der Waals surface area (Å²) < 4.78 is 5.10. The van der Waals surface area contributed by atoms with Gasteiger partial charge in [0.25, 0.3) is 0 Å². The third-order valence-corrected chi connectivity index (χ3v) is 1.04. The first-order valence-electron chi connectivity index (χ1n) is 3.36. The molecule has 3 heteroatoms. The van der Waals surface area contributed by atoms with Crippen molar-refractivity contribution >= 4 is 0 Å². The molecule has 0 N–H and O–H groups in total. The van der Waals surface area contributed by atoms with Crippen LogP contribution in [0, 0.1) is 11.3 Å². The summed E-state index contributed by atoms with van der Waals surface area (Å²) in [4.78, 5) is 1.93. The highest BCUT2D eigenvalue weighted by Gasteiger charge is 2.06. The second kappa shape index (κ2) is 5.21. The molecule has 0 radical (unpaired) electrons. The Morgan fingerprint density at radius 1 is 1.60 bits per heavy atom. The average Bonchev–Trinajstić information content (AvgIpc) is 1.86. The molecular weight excluding hydrogens is 128 g/mol. The molecule has 58 valence electrons. The maximum Gasteiger partial charge on any atom is 0.156 e. The summed E-state index contributed by atoms with van der Waals surface area (Å²) in [7, 11) is 3.84. The van der Waals surface area contributed by atoms with Crippen LogP contribution < -0.4 is 0 Å². The Kier molecular flexibility index (Phi) is 4.91. The van der Waals surface area contributed by atoms with Gasteiger partial charge in [-0.15, -0.1) is 0 Å². The van der Waals surface area contributed by atoms with Crippen LogP contribution in [0.3, 0.4) is 0 Å². The first-order valence-corrected chi connectivity index (χ1v) is 3.36. The first-order chi connectivity index (χ1) is 4.70. The second-order valence-electron chi connectivity index (χ2n) is 2.34. The Morgan fingerprint density at radius 2 is 2.20 bits per heavy atom. The van der Waals surface area contributed by atoms with Gasteiger partial charge in [0.15, 0.2) is 6.10 Å². The number of hydrogen-bond acceptors (Lipinski definition) is 3. The van der Waals surface area contributed by atoms with Gasteiger partial charge in [0.05, 0.1) is 6.07 Å². The van der Waals surface area contributed by atoms with Crippen molar-refractivity contribution in [2.75, 3.05) is 27.2 Å². The molecule has 0 fully saturated rings. The van der Waals surface area contributed by atoms with Crippen molar-refractivity contribution in [1.29, 1.82) is 5.26 Å². The summed E-state index contributed by atoms with van der Waals surface area (Å²) in [6.07, 6.45) is -0.278. The number of hydrogen-bond donors (Lipinski definition) is 0. The van der Waals surface area contributed by atoms with E-state index in [2.05, 4.69) is 6.07 Å². The fourth-order valence-electron chi connectivity index (χ4n) is 0.664. The summed E-state index contributed by atoms with van der Waals surface area (Å²) in [5, 5.41) is 8.50. The van der Waals surface area contributed by atoms with Crippen molar-refractivity contribution in [3.63, 3.8) is 0 Å². The van der Waals surface area contributed by atoms with Gasteiger partial charge < -0.3 is 9.64 Å². The minimum atomic E-state index is -0.278. The van der Waals surface area contributed by atoms with Crippen molar-refractivity contribution < 1.29 is 4.74 Å². The van der Waals surface area contributed by atoms with Gasteiger partial charge in [-0.2, -0.15) is 5.26 Å². The van der Waals surface area contributed by atoms with Crippen LogP contribution in [0.25, 0.3) is 0 Å². The average molecular weight is 142 g/mol. The number of nitriles is 1. The van der Waals surface area contributed by atoms with E-state index in [1.807, 2.05) is 25.9 Å². The second-order valence-corrected chi connectivity index (χ2v) is 2.34. The predicted molar refractivity (Wildman–Crippen MR) is 39.6 cm³/mol. The molecule has 10 heavy (non-hydrogen) atoms. The number of likely N-dealkylation sites (N-methyl/N-ethyl adjacent to an activating group) is 1. The SMILES string of the molecule is CCOC(C#N)CN(C)C. The zero-order chi connectivity index (χ0) is 7.98. The molecule has 0 saturated carbocycles.